The molecule has 1 aliphatic heterocycles. The van der Waals surface area contributed by atoms with E-state index in [4.69, 9.17) is 4.74 Å². The molecule has 0 radical (unpaired) electrons. The second-order valence-corrected chi connectivity index (χ2v) is 6.10. The van der Waals surface area contributed by atoms with Gasteiger partial charge >= 0.3 is 0 Å². The average molecular weight is 336 g/mol. The van der Waals surface area contributed by atoms with Gasteiger partial charge in [-0.25, -0.2) is 9.37 Å². The molecule has 122 valence electrons. The number of hydrogen-bond acceptors (Lipinski definition) is 5. The Kier molecular flexibility index (Phi) is 5.24. The third-order valence-electron chi connectivity index (χ3n) is 3.48. The Morgan fingerprint density at radius 1 is 1.48 bits per heavy atom. The van der Waals surface area contributed by atoms with Crippen molar-refractivity contribution in [2.75, 3.05) is 12.4 Å². The van der Waals surface area contributed by atoms with Crippen LogP contribution in [0.4, 0.5) is 4.39 Å². The molecular formula is C15H17FN4O2S. The molecule has 0 unspecified atom stereocenters. The zero-order valence-electron chi connectivity index (χ0n) is 12.4. The summed E-state index contributed by atoms with van der Waals surface area (Å²) in [6, 6.07) is 6.37. The first-order chi connectivity index (χ1) is 11.2. The molecule has 23 heavy (non-hydrogen) atoms. The summed E-state index contributed by atoms with van der Waals surface area (Å²) in [6.45, 7) is 0.910. The molecule has 1 aromatic heterocycles. The molecule has 1 atom stereocenters. The van der Waals surface area contributed by atoms with Crippen LogP contribution in [0.3, 0.4) is 0 Å². The summed E-state index contributed by atoms with van der Waals surface area (Å²) in [7, 11) is 0. The molecular weight excluding hydrogens is 319 g/mol. The number of H-pyrrole nitrogens is 1. The van der Waals surface area contributed by atoms with Gasteiger partial charge in [0, 0.05) is 18.7 Å². The molecule has 0 bridgehead atoms. The summed E-state index contributed by atoms with van der Waals surface area (Å²) in [4.78, 5) is 16.1. The van der Waals surface area contributed by atoms with Crippen LogP contribution >= 0.6 is 11.8 Å². The number of carbonyl (C=O) groups excluding carboxylic acids is 1. The lowest BCUT2D eigenvalue weighted by atomic mass is 10.2. The summed E-state index contributed by atoms with van der Waals surface area (Å²) in [6.07, 6.45) is 1.93. The Bertz CT molecular complexity index is 673. The summed E-state index contributed by atoms with van der Waals surface area (Å²) in [5.74, 6) is 0.367. The number of ether oxygens (including phenoxy) is 1. The smallest absolute Gasteiger partial charge is 0.230 e. The van der Waals surface area contributed by atoms with Gasteiger partial charge in [-0.15, -0.1) is 5.10 Å². The molecule has 2 N–H and O–H groups in total. The first kappa shape index (κ1) is 15.9. The normalized spacial score (nSPS) is 17.3. The second kappa shape index (κ2) is 7.56. The summed E-state index contributed by atoms with van der Waals surface area (Å²) in [5.41, 5.74) is 0.462. The molecule has 3 rings (SSSR count). The molecule has 1 amide bonds. The van der Waals surface area contributed by atoms with Crippen LogP contribution in [0.15, 0.2) is 29.4 Å². The number of nitrogens with zero attached hydrogens (tertiary/aromatic N) is 2. The van der Waals surface area contributed by atoms with Crippen molar-refractivity contribution in [2.24, 2.45) is 0 Å². The Morgan fingerprint density at radius 3 is 3.13 bits per heavy atom. The van der Waals surface area contributed by atoms with E-state index in [2.05, 4.69) is 20.5 Å². The molecule has 1 aliphatic rings. The van der Waals surface area contributed by atoms with E-state index in [0.29, 0.717) is 16.5 Å². The van der Waals surface area contributed by atoms with Gasteiger partial charge in [0.2, 0.25) is 11.1 Å². The average Bonchev–Trinajstić information content (AvgIpc) is 3.23. The van der Waals surface area contributed by atoms with Gasteiger partial charge in [0.25, 0.3) is 0 Å². The molecule has 0 saturated carbocycles. The highest BCUT2D eigenvalue weighted by Crippen LogP contribution is 2.26. The van der Waals surface area contributed by atoms with E-state index < -0.39 is 0 Å². The fraction of sp³-hybridized carbons (Fsp3) is 0.400. The molecule has 2 aromatic rings. The van der Waals surface area contributed by atoms with Crippen LogP contribution in [-0.4, -0.2) is 33.4 Å². The number of hydrogen-bond donors (Lipinski definition) is 2. The molecule has 8 heteroatoms. The van der Waals surface area contributed by atoms with Crippen molar-refractivity contribution in [1.82, 2.24) is 20.5 Å². The summed E-state index contributed by atoms with van der Waals surface area (Å²) in [5, 5.41) is 10.1. The maximum Gasteiger partial charge on any atom is 0.230 e. The van der Waals surface area contributed by atoms with E-state index in [1.165, 1.54) is 17.8 Å². The molecule has 1 aromatic carbocycles. The molecule has 1 fully saturated rings. The fourth-order valence-corrected chi connectivity index (χ4v) is 2.91. The van der Waals surface area contributed by atoms with E-state index in [-0.39, 0.29) is 30.1 Å². The van der Waals surface area contributed by atoms with Gasteiger partial charge in [0.1, 0.15) is 11.9 Å². The first-order valence-corrected chi connectivity index (χ1v) is 8.38. The number of halogens is 1. The van der Waals surface area contributed by atoms with Crippen molar-refractivity contribution in [1.29, 1.82) is 0 Å². The Balaban J connectivity index is 1.45. The maximum atomic E-state index is 13.4. The van der Waals surface area contributed by atoms with Gasteiger partial charge in [0.05, 0.1) is 5.75 Å². The van der Waals surface area contributed by atoms with Crippen molar-refractivity contribution in [3.63, 3.8) is 0 Å². The summed E-state index contributed by atoms with van der Waals surface area (Å²) >= 11 is 1.23. The van der Waals surface area contributed by atoms with Gasteiger partial charge in [0.15, 0.2) is 5.82 Å². The van der Waals surface area contributed by atoms with Crippen LogP contribution in [-0.2, 0) is 16.1 Å². The largest absolute Gasteiger partial charge is 0.370 e. The van der Waals surface area contributed by atoms with Crippen LogP contribution in [0.2, 0.25) is 0 Å². The van der Waals surface area contributed by atoms with E-state index in [1.807, 2.05) is 0 Å². The van der Waals surface area contributed by atoms with Crippen LogP contribution < -0.4 is 5.32 Å². The minimum absolute atomic E-state index is 0.0215. The minimum atomic E-state index is -0.323. The zero-order valence-corrected chi connectivity index (χ0v) is 13.2. The number of amides is 1. The van der Waals surface area contributed by atoms with E-state index in [1.54, 1.807) is 18.2 Å². The number of thioether (sulfide) groups is 1. The lowest BCUT2D eigenvalue weighted by Gasteiger charge is -2.05. The molecule has 2 heterocycles. The standard InChI is InChI=1S/C15H17FN4O2S/c16-11-5-2-1-4-10(11)8-17-13(21)9-23-15-18-14(19-20-15)12-6-3-7-22-12/h1-2,4-5,12H,3,6-9H2,(H,17,21)(H,18,19,20)/t12-/m0/s1. The quantitative estimate of drug-likeness (QED) is 0.791. The Hall–Kier alpha value is -1.93. The maximum absolute atomic E-state index is 13.4. The van der Waals surface area contributed by atoms with Crippen LogP contribution in [0, 0.1) is 5.82 Å². The van der Waals surface area contributed by atoms with Gasteiger partial charge in [-0.05, 0) is 18.9 Å². The highest BCUT2D eigenvalue weighted by atomic mass is 32.2. The number of aromatic amines is 1. The Morgan fingerprint density at radius 2 is 2.35 bits per heavy atom. The van der Waals surface area contributed by atoms with E-state index in [0.717, 1.165) is 19.4 Å². The SMILES string of the molecule is O=C(CSc1n[nH]c([C@@H]2CCCO2)n1)NCc1ccccc1F. The first-order valence-electron chi connectivity index (χ1n) is 7.39. The Labute approximate surface area is 137 Å². The zero-order chi connectivity index (χ0) is 16.1. The van der Waals surface area contributed by atoms with Crippen molar-refractivity contribution in [2.45, 2.75) is 30.6 Å². The van der Waals surface area contributed by atoms with Crippen molar-refractivity contribution in [3.05, 3.63) is 41.5 Å². The minimum Gasteiger partial charge on any atom is -0.370 e. The lowest BCUT2D eigenvalue weighted by Crippen LogP contribution is -2.25. The third kappa shape index (κ3) is 4.29. The van der Waals surface area contributed by atoms with Gasteiger partial charge in [-0.3, -0.25) is 9.89 Å². The highest BCUT2D eigenvalue weighted by Gasteiger charge is 2.21. The van der Waals surface area contributed by atoms with Crippen LogP contribution in [0.25, 0.3) is 0 Å². The number of rotatable bonds is 6. The van der Waals surface area contributed by atoms with E-state index >= 15 is 0 Å². The van der Waals surface area contributed by atoms with E-state index in [9.17, 15) is 9.18 Å². The molecule has 6 nitrogen and oxygen atoms in total. The lowest BCUT2D eigenvalue weighted by molar-refractivity contribution is -0.118. The van der Waals surface area contributed by atoms with Gasteiger partial charge in [-0.1, -0.05) is 30.0 Å². The van der Waals surface area contributed by atoms with Crippen molar-refractivity contribution < 1.29 is 13.9 Å². The third-order valence-corrected chi connectivity index (χ3v) is 4.33. The summed E-state index contributed by atoms with van der Waals surface area (Å²) < 4.78 is 19.0. The molecule has 0 spiro atoms. The molecule has 1 saturated heterocycles. The fourth-order valence-electron chi connectivity index (χ4n) is 2.28. The highest BCUT2D eigenvalue weighted by molar-refractivity contribution is 7.99. The predicted octanol–water partition coefficient (Wildman–Crippen LogP) is 2.20. The molecule has 0 aliphatic carbocycles. The van der Waals surface area contributed by atoms with Crippen molar-refractivity contribution >= 4 is 17.7 Å². The monoisotopic (exact) mass is 336 g/mol. The van der Waals surface area contributed by atoms with Crippen LogP contribution in [0.5, 0.6) is 0 Å². The number of carbonyl (C=O) groups is 1. The van der Waals surface area contributed by atoms with Gasteiger partial charge < -0.3 is 10.1 Å². The number of benzene rings is 1. The number of aromatic nitrogens is 3. The van der Waals surface area contributed by atoms with Crippen LogP contribution in [0.1, 0.15) is 30.3 Å². The van der Waals surface area contributed by atoms with Crippen molar-refractivity contribution in [3.8, 4) is 0 Å². The number of nitrogens with one attached hydrogen (secondary N) is 2. The topological polar surface area (TPSA) is 79.9 Å². The second-order valence-electron chi connectivity index (χ2n) is 5.16. The predicted molar refractivity (Wildman–Crippen MR) is 83.3 cm³/mol. The van der Waals surface area contributed by atoms with Gasteiger partial charge in [-0.2, -0.15) is 0 Å².